The highest BCUT2D eigenvalue weighted by Gasteiger charge is 2.25. The minimum atomic E-state index is 0.106. The Morgan fingerprint density at radius 3 is 2.95 bits per heavy atom. The first kappa shape index (κ1) is 13.7. The number of likely N-dealkylation sites (tertiary alicyclic amines) is 1. The number of amides is 1. The zero-order chi connectivity index (χ0) is 13.7. The molecule has 19 heavy (non-hydrogen) atoms. The summed E-state index contributed by atoms with van der Waals surface area (Å²) in [5, 5.41) is 0. The Balaban J connectivity index is 1.74. The van der Waals surface area contributed by atoms with Crippen LogP contribution >= 0.6 is 0 Å². The molecule has 5 heteroatoms. The van der Waals surface area contributed by atoms with E-state index in [-0.39, 0.29) is 12.0 Å². The number of carbonyl (C=O) groups is 1. The molecule has 0 radical (unpaired) electrons. The monoisotopic (exact) mass is 264 g/mol. The van der Waals surface area contributed by atoms with Crippen LogP contribution in [0.15, 0.2) is 24.3 Å². The van der Waals surface area contributed by atoms with Crippen molar-refractivity contribution in [2.45, 2.75) is 18.9 Å². The van der Waals surface area contributed by atoms with E-state index in [1.54, 1.807) is 19.2 Å². The third-order valence-corrected chi connectivity index (χ3v) is 3.32. The largest absolute Gasteiger partial charge is 0.491 e. The van der Waals surface area contributed by atoms with E-state index in [9.17, 15) is 4.79 Å². The lowest BCUT2D eigenvalue weighted by Gasteiger charge is -2.16. The van der Waals surface area contributed by atoms with Crippen LogP contribution in [0.2, 0.25) is 0 Å². The van der Waals surface area contributed by atoms with Crippen molar-refractivity contribution in [1.82, 2.24) is 4.90 Å². The standard InChI is InChI=1S/C14H20N2O3/c1-18-11-6-8-16(10-11)14(17)7-9-19-13-5-3-2-4-12(13)15/h2-5,11H,6-10,15H2,1H3. The fourth-order valence-electron chi connectivity index (χ4n) is 2.17. The second-order valence-corrected chi connectivity index (χ2v) is 4.62. The Bertz CT molecular complexity index is 436. The van der Waals surface area contributed by atoms with Crippen molar-refractivity contribution in [3.63, 3.8) is 0 Å². The molecule has 1 aliphatic rings. The second-order valence-electron chi connectivity index (χ2n) is 4.62. The van der Waals surface area contributed by atoms with Crippen LogP contribution in [0.4, 0.5) is 5.69 Å². The summed E-state index contributed by atoms with van der Waals surface area (Å²) in [5.41, 5.74) is 6.35. The predicted molar refractivity (Wildman–Crippen MR) is 73.0 cm³/mol. The molecule has 2 rings (SSSR count). The highest BCUT2D eigenvalue weighted by molar-refractivity contribution is 5.76. The maximum absolute atomic E-state index is 11.9. The van der Waals surface area contributed by atoms with Gasteiger partial charge in [0.1, 0.15) is 5.75 Å². The lowest BCUT2D eigenvalue weighted by atomic mass is 10.3. The summed E-state index contributed by atoms with van der Waals surface area (Å²) in [5.74, 6) is 0.737. The van der Waals surface area contributed by atoms with Crippen LogP contribution in [-0.4, -0.2) is 43.7 Å². The van der Waals surface area contributed by atoms with Crippen LogP contribution in [0.5, 0.6) is 5.75 Å². The molecule has 1 unspecified atom stereocenters. The molecule has 0 spiro atoms. The lowest BCUT2D eigenvalue weighted by molar-refractivity contribution is -0.131. The number of carbonyl (C=O) groups excluding carboxylic acids is 1. The van der Waals surface area contributed by atoms with Gasteiger partial charge in [0.25, 0.3) is 0 Å². The van der Waals surface area contributed by atoms with E-state index in [0.29, 0.717) is 31.0 Å². The zero-order valence-electron chi connectivity index (χ0n) is 11.2. The molecule has 0 aliphatic carbocycles. The highest BCUT2D eigenvalue weighted by Crippen LogP contribution is 2.20. The number of rotatable bonds is 5. The molecule has 1 saturated heterocycles. The molecule has 1 fully saturated rings. The van der Waals surface area contributed by atoms with Gasteiger partial charge in [-0.3, -0.25) is 4.79 Å². The maximum Gasteiger partial charge on any atom is 0.226 e. The molecule has 0 bridgehead atoms. The average molecular weight is 264 g/mol. The van der Waals surface area contributed by atoms with E-state index in [1.807, 2.05) is 17.0 Å². The molecule has 5 nitrogen and oxygen atoms in total. The Morgan fingerprint density at radius 2 is 2.26 bits per heavy atom. The van der Waals surface area contributed by atoms with Crippen LogP contribution in [0.25, 0.3) is 0 Å². The van der Waals surface area contributed by atoms with Gasteiger partial charge in [-0.15, -0.1) is 0 Å². The van der Waals surface area contributed by atoms with E-state index in [4.69, 9.17) is 15.2 Å². The predicted octanol–water partition coefficient (Wildman–Crippen LogP) is 1.28. The second kappa shape index (κ2) is 6.43. The van der Waals surface area contributed by atoms with Crippen molar-refractivity contribution in [3.8, 4) is 5.75 Å². The number of nitrogens with two attached hydrogens (primary N) is 1. The smallest absolute Gasteiger partial charge is 0.226 e. The van der Waals surface area contributed by atoms with Crippen molar-refractivity contribution in [3.05, 3.63) is 24.3 Å². The molecule has 1 heterocycles. The minimum Gasteiger partial charge on any atom is -0.491 e. The van der Waals surface area contributed by atoms with Gasteiger partial charge >= 0.3 is 0 Å². The molecule has 0 saturated carbocycles. The summed E-state index contributed by atoms with van der Waals surface area (Å²) >= 11 is 0. The normalized spacial score (nSPS) is 18.6. The van der Waals surface area contributed by atoms with Gasteiger partial charge in [0.2, 0.25) is 5.91 Å². The third-order valence-electron chi connectivity index (χ3n) is 3.32. The molecule has 1 aromatic rings. The van der Waals surface area contributed by atoms with E-state index in [2.05, 4.69) is 0 Å². The number of para-hydroxylation sites is 2. The van der Waals surface area contributed by atoms with Crippen LogP contribution in [0.3, 0.4) is 0 Å². The van der Waals surface area contributed by atoms with Gasteiger partial charge in [-0.2, -0.15) is 0 Å². The zero-order valence-corrected chi connectivity index (χ0v) is 11.2. The maximum atomic E-state index is 11.9. The number of nitrogen functional groups attached to an aromatic ring is 1. The molecule has 1 aromatic carbocycles. The summed E-state index contributed by atoms with van der Waals surface area (Å²) < 4.78 is 10.8. The number of benzene rings is 1. The highest BCUT2D eigenvalue weighted by atomic mass is 16.5. The van der Waals surface area contributed by atoms with Crippen LogP contribution in [0, 0.1) is 0 Å². The quantitative estimate of drug-likeness (QED) is 0.814. The first-order valence-corrected chi connectivity index (χ1v) is 6.48. The Hall–Kier alpha value is -1.75. The van der Waals surface area contributed by atoms with Gasteiger partial charge in [-0.1, -0.05) is 12.1 Å². The summed E-state index contributed by atoms with van der Waals surface area (Å²) in [4.78, 5) is 13.8. The SMILES string of the molecule is COC1CCN(C(=O)CCOc2ccccc2N)C1. The molecule has 104 valence electrons. The number of hydrogen-bond donors (Lipinski definition) is 1. The fourth-order valence-corrected chi connectivity index (χ4v) is 2.17. The van der Waals surface area contributed by atoms with E-state index in [0.717, 1.165) is 13.0 Å². The molecule has 0 aromatic heterocycles. The molecule has 1 aliphatic heterocycles. The van der Waals surface area contributed by atoms with Crippen molar-refractivity contribution in [2.24, 2.45) is 0 Å². The van der Waals surface area contributed by atoms with Gasteiger partial charge in [0.05, 0.1) is 24.8 Å². The van der Waals surface area contributed by atoms with E-state index >= 15 is 0 Å². The minimum absolute atomic E-state index is 0.106. The van der Waals surface area contributed by atoms with Gasteiger partial charge in [-0.25, -0.2) is 0 Å². The Labute approximate surface area is 113 Å². The van der Waals surface area contributed by atoms with Gasteiger partial charge < -0.3 is 20.1 Å². The van der Waals surface area contributed by atoms with Gasteiger partial charge in [0, 0.05) is 20.2 Å². The molecular formula is C14H20N2O3. The number of nitrogens with zero attached hydrogens (tertiary/aromatic N) is 1. The van der Waals surface area contributed by atoms with Crippen LogP contribution in [0.1, 0.15) is 12.8 Å². The Kier molecular flexibility index (Phi) is 4.63. The van der Waals surface area contributed by atoms with E-state index < -0.39 is 0 Å². The number of anilines is 1. The summed E-state index contributed by atoms with van der Waals surface area (Å²) in [6, 6.07) is 7.29. The molecule has 1 atom stereocenters. The first-order chi connectivity index (χ1) is 9.20. The number of ether oxygens (including phenoxy) is 2. The topological polar surface area (TPSA) is 64.8 Å². The van der Waals surface area contributed by atoms with Crippen molar-refractivity contribution in [1.29, 1.82) is 0 Å². The Morgan fingerprint density at radius 1 is 1.47 bits per heavy atom. The van der Waals surface area contributed by atoms with Gasteiger partial charge in [-0.05, 0) is 18.6 Å². The third kappa shape index (κ3) is 3.61. The summed E-state index contributed by atoms with van der Waals surface area (Å²) in [7, 11) is 1.68. The summed E-state index contributed by atoms with van der Waals surface area (Å²) in [6.07, 6.45) is 1.45. The molecule has 2 N–H and O–H groups in total. The molecule has 1 amide bonds. The first-order valence-electron chi connectivity index (χ1n) is 6.48. The van der Waals surface area contributed by atoms with Crippen LogP contribution < -0.4 is 10.5 Å². The van der Waals surface area contributed by atoms with E-state index in [1.165, 1.54) is 0 Å². The molecular weight excluding hydrogens is 244 g/mol. The number of methoxy groups -OCH3 is 1. The van der Waals surface area contributed by atoms with Crippen molar-refractivity contribution < 1.29 is 14.3 Å². The average Bonchev–Trinajstić information content (AvgIpc) is 2.90. The van der Waals surface area contributed by atoms with Crippen LogP contribution in [-0.2, 0) is 9.53 Å². The van der Waals surface area contributed by atoms with Gasteiger partial charge in [0.15, 0.2) is 0 Å². The number of hydrogen-bond acceptors (Lipinski definition) is 4. The summed E-state index contributed by atoms with van der Waals surface area (Å²) in [6.45, 7) is 1.80. The lowest BCUT2D eigenvalue weighted by Crippen LogP contribution is -2.30. The van der Waals surface area contributed by atoms with Crippen molar-refractivity contribution >= 4 is 11.6 Å². The fraction of sp³-hybridized carbons (Fsp3) is 0.500. The van der Waals surface area contributed by atoms with Crippen molar-refractivity contribution in [2.75, 3.05) is 32.5 Å².